The molecule has 5 heteroatoms. The number of hydrogen-bond donors (Lipinski definition) is 3. The molecule has 0 aromatic heterocycles. The lowest BCUT2D eigenvalue weighted by molar-refractivity contribution is -0.117. The average Bonchev–Trinajstić information content (AvgIpc) is 2.79. The first-order valence-electron chi connectivity index (χ1n) is 10.5. The fraction of sp³-hybridized carbons (Fsp3) is 0.280. The highest BCUT2D eigenvalue weighted by molar-refractivity contribution is 5.92. The Labute approximate surface area is 179 Å². The highest BCUT2D eigenvalue weighted by Gasteiger charge is 1.97. The van der Waals surface area contributed by atoms with Gasteiger partial charge in [0.05, 0.1) is 0 Å². The topological polar surface area (TPSA) is 70.2 Å². The first kappa shape index (κ1) is 23.1. The third-order valence-electron chi connectivity index (χ3n) is 4.36. The zero-order valence-electron chi connectivity index (χ0n) is 17.3. The highest BCUT2D eigenvalue weighted by Crippen LogP contribution is 2.01. The largest absolute Gasteiger partial charge is 0.353 e. The maximum atomic E-state index is 11.8. The molecular formula is C25H31N3O2. The van der Waals surface area contributed by atoms with Gasteiger partial charge in [0.2, 0.25) is 11.8 Å². The number of carbonyl (C=O) groups is 2. The monoisotopic (exact) mass is 405 g/mol. The number of unbranched alkanes of at least 4 members (excludes halogenated alkanes) is 1. The van der Waals surface area contributed by atoms with E-state index in [-0.39, 0.29) is 11.8 Å². The van der Waals surface area contributed by atoms with Gasteiger partial charge in [-0.2, -0.15) is 0 Å². The zero-order valence-corrected chi connectivity index (χ0v) is 17.3. The number of hydrogen-bond acceptors (Lipinski definition) is 3. The summed E-state index contributed by atoms with van der Waals surface area (Å²) in [4.78, 5) is 23.5. The summed E-state index contributed by atoms with van der Waals surface area (Å²) < 4.78 is 0. The molecule has 2 amide bonds. The Morgan fingerprint density at radius 3 is 1.57 bits per heavy atom. The Balaban J connectivity index is 1.40. The molecule has 0 spiro atoms. The van der Waals surface area contributed by atoms with Crippen LogP contribution in [0.3, 0.4) is 0 Å². The van der Waals surface area contributed by atoms with Crippen molar-refractivity contribution in [3.63, 3.8) is 0 Å². The number of rotatable bonds is 13. The lowest BCUT2D eigenvalue weighted by Gasteiger charge is -2.06. The molecule has 2 aromatic carbocycles. The predicted molar refractivity (Wildman–Crippen MR) is 124 cm³/mol. The molecule has 0 saturated carbocycles. The average molecular weight is 406 g/mol. The van der Waals surface area contributed by atoms with Crippen molar-refractivity contribution >= 4 is 24.0 Å². The Bertz CT molecular complexity index is 732. The summed E-state index contributed by atoms with van der Waals surface area (Å²) in [5, 5.41) is 9.13. The summed E-state index contributed by atoms with van der Waals surface area (Å²) in [7, 11) is 0. The molecule has 0 bridgehead atoms. The number of benzene rings is 2. The van der Waals surface area contributed by atoms with E-state index in [1.807, 2.05) is 72.8 Å². The van der Waals surface area contributed by atoms with Gasteiger partial charge in [-0.25, -0.2) is 0 Å². The number of nitrogens with one attached hydrogen (secondary N) is 3. The molecule has 0 aliphatic rings. The van der Waals surface area contributed by atoms with Gasteiger partial charge in [-0.1, -0.05) is 60.7 Å². The van der Waals surface area contributed by atoms with Crippen LogP contribution in [0.2, 0.25) is 0 Å². The van der Waals surface area contributed by atoms with Crippen LogP contribution in [0.5, 0.6) is 0 Å². The zero-order chi connectivity index (χ0) is 21.3. The van der Waals surface area contributed by atoms with Crippen LogP contribution in [0.25, 0.3) is 12.2 Å². The van der Waals surface area contributed by atoms with E-state index in [1.165, 1.54) is 0 Å². The van der Waals surface area contributed by atoms with Gasteiger partial charge in [0.15, 0.2) is 0 Å². The van der Waals surface area contributed by atoms with Gasteiger partial charge in [-0.05, 0) is 55.6 Å². The van der Waals surface area contributed by atoms with E-state index in [2.05, 4.69) is 16.0 Å². The fourth-order valence-corrected chi connectivity index (χ4v) is 2.73. The van der Waals surface area contributed by atoms with Crippen molar-refractivity contribution in [3.05, 3.63) is 83.9 Å². The molecule has 0 radical (unpaired) electrons. The minimum absolute atomic E-state index is 0.0659. The lowest BCUT2D eigenvalue weighted by atomic mass is 10.2. The second kappa shape index (κ2) is 14.8. The van der Waals surface area contributed by atoms with Crippen LogP contribution in [0.15, 0.2) is 72.8 Å². The maximum absolute atomic E-state index is 11.8. The standard InChI is InChI=1S/C25H31N3O2/c29-24(16-14-22-10-3-1-4-11-22)27-20-8-7-18-26-19-9-21-28-25(30)17-15-23-12-5-2-6-13-23/h1-6,10-17,26H,7-9,18-21H2,(H,27,29)(H,28,30). The second-order valence-electron chi connectivity index (χ2n) is 6.88. The molecular weight excluding hydrogens is 374 g/mol. The van der Waals surface area contributed by atoms with Gasteiger partial charge < -0.3 is 16.0 Å². The second-order valence-corrected chi connectivity index (χ2v) is 6.88. The Morgan fingerprint density at radius 2 is 1.03 bits per heavy atom. The van der Waals surface area contributed by atoms with Gasteiger partial charge in [-0.3, -0.25) is 9.59 Å². The number of carbonyl (C=O) groups excluding carboxylic acids is 2. The van der Waals surface area contributed by atoms with Crippen LogP contribution in [-0.2, 0) is 9.59 Å². The normalized spacial score (nSPS) is 11.1. The number of amides is 2. The van der Waals surface area contributed by atoms with Crippen LogP contribution in [0.4, 0.5) is 0 Å². The van der Waals surface area contributed by atoms with Gasteiger partial charge >= 0.3 is 0 Å². The SMILES string of the molecule is O=C(C=Cc1ccccc1)NCCCCNCCCNC(=O)C=Cc1ccccc1. The molecule has 2 aromatic rings. The van der Waals surface area contributed by atoms with E-state index in [9.17, 15) is 9.59 Å². The van der Waals surface area contributed by atoms with E-state index < -0.39 is 0 Å². The van der Waals surface area contributed by atoms with Crippen LogP contribution in [0.1, 0.15) is 30.4 Å². The molecule has 0 aliphatic heterocycles. The molecule has 2 rings (SSSR count). The smallest absolute Gasteiger partial charge is 0.243 e. The third kappa shape index (κ3) is 11.0. The maximum Gasteiger partial charge on any atom is 0.243 e. The molecule has 158 valence electrons. The Hall–Kier alpha value is -3.18. The first-order chi connectivity index (χ1) is 14.7. The molecule has 5 nitrogen and oxygen atoms in total. The minimum Gasteiger partial charge on any atom is -0.353 e. The van der Waals surface area contributed by atoms with Crippen molar-refractivity contribution in [1.82, 2.24) is 16.0 Å². The Kier molecular flexibility index (Phi) is 11.4. The molecule has 0 atom stereocenters. The van der Waals surface area contributed by atoms with Crippen molar-refractivity contribution in [2.45, 2.75) is 19.3 Å². The molecule has 3 N–H and O–H groups in total. The summed E-state index contributed by atoms with van der Waals surface area (Å²) in [5.41, 5.74) is 2.03. The summed E-state index contributed by atoms with van der Waals surface area (Å²) in [6.45, 7) is 3.07. The van der Waals surface area contributed by atoms with Crippen molar-refractivity contribution in [2.75, 3.05) is 26.2 Å². The van der Waals surface area contributed by atoms with Crippen molar-refractivity contribution in [2.24, 2.45) is 0 Å². The van der Waals surface area contributed by atoms with Gasteiger partial charge in [0.25, 0.3) is 0 Å². The van der Waals surface area contributed by atoms with E-state index in [0.29, 0.717) is 13.1 Å². The van der Waals surface area contributed by atoms with Crippen LogP contribution in [0, 0.1) is 0 Å². The highest BCUT2D eigenvalue weighted by atomic mass is 16.2. The minimum atomic E-state index is -0.0732. The molecule has 0 aliphatic carbocycles. The third-order valence-corrected chi connectivity index (χ3v) is 4.36. The summed E-state index contributed by atoms with van der Waals surface area (Å²) in [6, 6.07) is 19.5. The quantitative estimate of drug-likeness (QED) is 0.353. The van der Waals surface area contributed by atoms with Crippen LogP contribution < -0.4 is 16.0 Å². The fourth-order valence-electron chi connectivity index (χ4n) is 2.73. The van der Waals surface area contributed by atoms with Gasteiger partial charge in [0, 0.05) is 25.2 Å². The first-order valence-corrected chi connectivity index (χ1v) is 10.5. The summed E-state index contributed by atoms with van der Waals surface area (Å²) in [6.07, 6.45) is 9.56. The molecule has 0 saturated heterocycles. The van der Waals surface area contributed by atoms with E-state index in [1.54, 1.807) is 12.2 Å². The summed E-state index contributed by atoms with van der Waals surface area (Å²) >= 11 is 0. The predicted octanol–water partition coefficient (Wildman–Crippen LogP) is 3.41. The van der Waals surface area contributed by atoms with Gasteiger partial charge in [0.1, 0.15) is 0 Å². The summed E-state index contributed by atoms with van der Waals surface area (Å²) in [5.74, 6) is -0.139. The van der Waals surface area contributed by atoms with Gasteiger partial charge in [-0.15, -0.1) is 0 Å². The van der Waals surface area contributed by atoms with E-state index >= 15 is 0 Å². The van der Waals surface area contributed by atoms with E-state index in [0.717, 1.165) is 43.5 Å². The van der Waals surface area contributed by atoms with E-state index in [4.69, 9.17) is 0 Å². The Morgan fingerprint density at radius 1 is 0.600 bits per heavy atom. The molecule has 0 heterocycles. The molecule has 0 unspecified atom stereocenters. The molecule has 30 heavy (non-hydrogen) atoms. The van der Waals surface area contributed by atoms with Crippen molar-refractivity contribution in [3.8, 4) is 0 Å². The van der Waals surface area contributed by atoms with Crippen LogP contribution >= 0.6 is 0 Å². The van der Waals surface area contributed by atoms with Crippen LogP contribution in [-0.4, -0.2) is 38.0 Å². The molecule has 0 fully saturated rings. The lowest BCUT2D eigenvalue weighted by Crippen LogP contribution is -2.27. The van der Waals surface area contributed by atoms with Crippen molar-refractivity contribution in [1.29, 1.82) is 0 Å². The van der Waals surface area contributed by atoms with Crippen molar-refractivity contribution < 1.29 is 9.59 Å².